The van der Waals surface area contributed by atoms with Crippen LogP contribution in [0, 0.1) is 6.92 Å². The Morgan fingerprint density at radius 3 is 3.00 bits per heavy atom. The van der Waals surface area contributed by atoms with Crippen molar-refractivity contribution in [2.45, 2.75) is 44.7 Å². The molecule has 2 aliphatic heterocycles. The summed E-state index contributed by atoms with van der Waals surface area (Å²) in [4.78, 5) is 2.67. The minimum Gasteiger partial charge on any atom is -0.380 e. The number of halogens is 1. The molecule has 2 heterocycles. The quantitative estimate of drug-likeness (QED) is 0.894. The number of nitrogens with zero attached hydrogens (tertiary/aromatic N) is 1. The molecule has 2 atom stereocenters. The van der Waals surface area contributed by atoms with Crippen LogP contribution in [0.4, 0.5) is 5.69 Å². The maximum Gasteiger partial charge on any atom is 0.0490 e. The lowest BCUT2D eigenvalue weighted by Crippen LogP contribution is -2.41. The number of hydrogen-bond donors (Lipinski definition) is 1. The van der Waals surface area contributed by atoms with Crippen LogP contribution in [0.25, 0.3) is 0 Å². The molecule has 0 aromatic heterocycles. The fraction of sp³-hybridized carbons (Fsp3) is 0.600. The first kappa shape index (κ1) is 12.5. The first-order valence-electron chi connectivity index (χ1n) is 7.01. The van der Waals surface area contributed by atoms with E-state index in [1.54, 1.807) is 0 Å². The molecule has 2 aliphatic rings. The number of aryl methyl sites for hydroxylation is 1. The highest BCUT2D eigenvalue weighted by Crippen LogP contribution is 2.32. The normalized spacial score (nSPS) is 28.1. The van der Waals surface area contributed by atoms with Crippen LogP contribution < -0.4 is 5.32 Å². The Morgan fingerprint density at radius 2 is 2.11 bits per heavy atom. The second-order valence-electron chi connectivity index (χ2n) is 5.58. The Balaban J connectivity index is 1.74. The largest absolute Gasteiger partial charge is 0.380 e. The average molecular weight is 309 g/mol. The van der Waals surface area contributed by atoms with Crippen molar-refractivity contribution in [1.29, 1.82) is 0 Å². The zero-order chi connectivity index (χ0) is 12.5. The lowest BCUT2D eigenvalue weighted by molar-refractivity contribution is 0.193. The van der Waals surface area contributed by atoms with Crippen LogP contribution >= 0.6 is 15.9 Å². The van der Waals surface area contributed by atoms with Gasteiger partial charge in [0.25, 0.3) is 0 Å². The summed E-state index contributed by atoms with van der Waals surface area (Å²) in [6.45, 7) is 4.72. The van der Waals surface area contributed by atoms with E-state index in [-0.39, 0.29) is 0 Å². The second-order valence-corrected chi connectivity index (χ2v) is 6.37. The summed E-state index contributed by atoms with van der Waals surface area (Å²) in [7, 11) is 0. The van der Waals surface area contributed by atoms with Gasteiger partial charge in [-0.05, 0) is 60.3 Å². The highest BCUT2D eigenvalue weighted by Gasteiger charge is 2.35. The minimum atomic E-state index is 0.628. The van der Waals surface area contributed by atoms with Crippen LogP contribution in [0.15, 0.2) is 22.7 Å². The van der Waals surface area contributed by atoms with Crippen LogP contribution in [-0.2, 0) is 0 Å². The smallest absolute Gasteiger partial charge is 0.0490 e. The predicted octanol–water partition coefficient (Wildman–Crippen LogP) is 3.80. The molecule has 3 rings (SSSR count). The Bertz CT molecular complexity index is 433. The van der Waals surface area contributed by atoms with Crippen LogP contribution in [0.2, 0.25) is 0 Å². The molecule has 98 valence electrons. The van der Waals surface area contributed by atoms with Gasteiger partial charge in [0.1, 0.15) is 0 Å². The summed E-state index contributed by atoms with van der Waals surface area (Å²) in [5, 5.41) is 3.76. The lowest BCUT2D eigenvalue weighted by atomic mass is 9.99. The third kappa shape index (κ3) is 2.30. The van der Waals surface area contributed by atoms with Crippen molar-refractivity contribution in [2.75, 3.05) is 18.4 Å². The van der Waals surface area contributed by atoms with E-state index in [4.69, 9.17) is 0 Å². The van der Waals surface area contributed by atoms with Gasteiger partial charge in [0.15, 0.2) is 0 Å². The fourth-order valence-electron chi connectivity index (χ4n) is 3.37. The average Bonchev–Trinajstić information content (AvgIpc) is 2.79. The van der Waals surface area contributed by atoms with Gasteiger partial charge in [-0.3, -0.25) is 4.90 Å². The molecule has 0 bridgehead atoms. The molecule has 3 heteroatoms. The van der Waals surface area contributed by atoms with Crippen molar-refractivity contribution in [1.82, 2.24) is 4.90 Å². The summed E-state index contributed by atoms with van der Waals surface area (Å²) in [6.07, 6.45) is 5.43. The van der Waals surface area contributed by atoms with Gasteiger partial charge in [0.05, 0.1) is 0 Å². The Kier molecular flexibility index (Phi) is 3.62. The van der Waals surface area contributed by atoms with E-state index in [1.807, 2.05) is 0 Å². The monoisotopic (exact) mass is 308 g/mol. The van der Waals surface area contributed by atoms with Crippen LogP contribution in [0.5, 0.6) is 0 Å². The van der Waals surface area contributed by atoms with Crippen molar-refractivity contribution in [3.63, 3.8) is 0 Å². The minimum absolute atomic E-state index is 0.628. The topological polar surface area (TPSA) is 15.3 Å². The van der Waals surface area contributed by atoms with E-state index in [2.05, 4.69) is 51.3 Å². The third-order valence-corrected chi connectivity index (χ3v) is 5.44. The molecular weight excluding hydrogens is 288 g/mol. The summed E-state index contributed by atoms with van der Waals surface area (Å²) in [5.74, 6) is 0. The zero-order valence-electron chi connectivity index (χ0n) is 11.0. The van der Waals surface area contributed by atoms with Crippen molar-refractivity contribution >= 4 is 21.6 Å². The molecule has 2 saturated heterocycles. The molecule has 1 aromatic rings. The Labute approximate surface area is 118 Å². The van der Waals surface area contributed by atoms with Gasteiger partial charge in [-0.1, -0.05) is 18.6 Å². The van der Waals surface area contributed by atoms with Crippen molar-refractivity contribution in [3.05, 3.63) is 28.2 Å². The third-order valence-electron chi connectivity index (χ3n) is 4.39. The van der Waals surface area contributed by atoms with E-state index < -0.39 is 0 Å². The van der Waals surface area contributed by atoms with Gasteiger partial charge in [-0.25, -0.2) is 0 Å². The maximum absolute atomic E-state index is 3.76. The van der Waals surface area contributed by atoms with Gasteiger partial charge >= 0.3 is 0 Å². The zero-order valence-corrected chi connectivity index (χ0v) is 12.5. The number of piperidine rings is 1. The Hall–Kier alpha value is -0.540. The number of hydrogen-bond acceptors (Lipinski definition) is 2. The summed E-state index contributed by atoms with van der Waals surface area (Å²) in [6, 6.07) is 7.85. The molecule has 0 aliphatic carbocycles. The number of rotatable bonds is 2. The highest BCUT2D eigenvalue weighted by atomic mass is 79.9. The molecule has 2 fully saturated rings. The van der Waals surface area contributed by atoms with Crippen molar-refractivity contribution in [2.24, 2.45) is 0 Å². The lowest BCUT2D eigenvalue weighted by Gasteiger charge is -2.33. The molecule has 0 saturated carbocycles. The summed E-state index contributed by atoms with van der Waals surface area (Å²) < 4.78 is 1.22. The number of anilines is 1. The van der Waals surface area contributed by atoms with Crippen LogP contribution in [-0.4, -0.2) is 30.1 Å². The number of nitrogens with one attached hydrogen (secondary N) is 1. The first-order valence-corrected chi connectivity index (χ1v) is 7.81. The molecule has 2 nitrogen and oxygen atoms in total. The summed E-state index contributed by atoms with van der Waals surface area (Å²) in [5.41, 5.74) is 2.56. The number of fused-ring (bicyclic) bond motifs is 1. The van der Waals surface area contributed by atoms with E-state index in [1.165, 1.54) is 54.5 Å². The van der Waals surface area contributed by atoms with Gasteiger partial charge in [-0.15, -0.1) is 0 Å². The molecule has 0 amide bonds. The van der Waals surface area contributed by atoms with E-state index in [9.17, 15) is 0 Å². The standard InChI is InChI=1S/C15H21BrN2/c1-11-5-4-6-13(15(11)16)17-12-8-10-18-9-3-2-7-14(12)18/h4-6,12,14,17H,2-3,7-10H2,1H3. The first-order chi connectivity index (χ1) is 8.75. The molecule has 0 spiro atoms. The fourth-order valence-corrected chi connectivity index (χ4v) is 3.75. The maximum atomic E-state index is 3.76. The molecule has 18 heavy (non-hydrogen) atoms. The molecule has 1 aromatic carbocycles. The van der Waals surface area contributed by atoms with Crippen LogP contribution in [0.3, 0.4) is 0 Å². The SMILES string of the molecule is Cc1cccc(NC2CCN3CCCCC23)c1Br. The van der Waals surface area contributed by atoms with Gasteiger partial charge in [0.2, 0.25) is 0 Å². The van der Waals surface area contributed by atoms with Gasteiger partial charge < -0.3 is 5.32 Å². The molecule has 0 radical (unpaired) electrons. The van der Waals surface area contributed by atoms with E-state index in [0.717, 1.165) is 6.04 Å². The van der Waals surface area contributed by atoms with Crippen molar-refractivity contribution < 1.29 is 0 Å². The summed E-state index contributed by atoms with van der Waals surface area (Å²) >= 11 is 3.70. The van der Waals surface area contributed by atoms with Gasteiger partial charge in [0, 0.05) is 28.8 Å². The van der Waals surface area contributed by atoms with Gasteiger partial charge in [-0.2, -0.15) is 0 Å². The molecule has 1 N–H and O–H groups in total. The van der Waals surface area contributed by atoms with Crippen molar-refractivity contribution in [3.8, 4) is 0 Å². The molecular formula is C15H21BrN2. The number of benzene rings is 1. The predicted molar refractivity (Wildman–Crippen MR) is 80.1 cm³/mol. The van der Waals surface area contributed by atoms with E-state index >= 15 is 0 Å². The van der Waals surface area contributed by atoms with Crippen LogP contribution in [0.1, 0.15) is 31.2 Å². The van der Waals surface area contributed by atoms with E-state index in [0.29, 0.717) is 6.04 Å². The Morgan fingerprint density at radius 1 is 1.22 bits per heavy atom. The molecule has 2 unspecified atom stereocenters. The highest BCUT2D eigenvalue weighted by molar-refractivity contribution is 9.10. The second kappa shape index (κ2) is 5.22.